The fraction of sp³-hybridized carbons (Fsp3) is 0.353. The van der Waals surface area contributed by atoms with Gasteiger partial charge in [-0.05, 0) is 37.5 Å². The van der Waals surface area contributed by atoms with E-state index < -0.39 is 36.2 Å². The van der Waals surface area contributed by atoms with E-state index in [1.165, 1.54) is 23.1 Å². The second-order valence-electron chi connectivity index (χ2n) is 5.96. The van der Waals surface area contributed by atoms with Crippen LogP contribution in [0, 0.1) is 5.82 Å². The van der Waals surface area contributed by atoms with Crippen LogP contribution in [0.2, 0.25) is 5.02 Å². The maximum atomic E-state index is 13.3. The van der Waals surface area contributed by atoms with Crippen molar-refractivity contribution in [2.75, 3.05) is 13.2 Å². The third-order valence-corrected chi connectivity index (χ3v) is 5.89. The Hall–Kier alpha value is -2.19. The second kappa shape index (κ2) is 7.59. The standard InChI is InChI=1S/C17H16ClFN2O4S/c18-14-10-5-4-9(19)7-12(10)26-15(14)17(24)25-8-13(22)21-6-2-1-3-11(21)16(20)23/h4-5,7,11H,1-3,6,8H2,(H2,20,23)/t11-/m1/s1. The lowest BCUT2D eigenvalue weighted by atomic mass is 10.0. The van der Waals surface area contributed by atoms with Crippen molar-refractivity contribution < 1.29 is 23.5 Å². The SMILES string of the molecule is NC(=O)[C@H]1CCCCN1C(=O)COC(=O)c1sc2cc(F)ccc2c1Cl. The van der Waals surface area contributed by atoms with Gasteiger partial charge in [0.2, 0.25) is 5.91 Å². The summed E-state index contributed by atoms with van der Waals surface area (Å²) in [6.45, 7) is -0.117. The van der Waals surface area contributed by atoms with Crippen molar-refractivity contribution in [2.45, 2.75) is 25.3 Å². The number of carbonyl (C=O) groups is 3. The zero-order valence-electron chi connectivity index (χ0n) is 13.7. The number of benzene rings is 1. The Balaban J connectivity index is 1.69. The monoisotopic (exact) mass is 398 g/mol. The van der Waals surface area contributed by atoms with Gasteiger partial charge < -0.3 is 15.4 Å². The lowest BCUT2D eigenvalue weighted by molar-refractivity contribution is -0.143. The molecule has 0 unspecified atom stereocenters. The molecular weight excluding hydrogens is 383 g/mol. The Morgan fingerprint density at radius 2 is 2.12 bits per heavy atom. The summed E-state index contributed by atoms with van der Waals surface area (Å²) >= 11 is 7.16. The number of carbonyl (C=O) groups excluding carboxylic acids is 3. The molecule has 9 heteroatoms. The Morgan fingerprint density at radius 1 is 1.35 bits per heavy atom. The summed E-state index contributed by atoms with van der Waals surface area (Å²) in [7, 11) is 0. The van der Waals surface area contributed by atoms with E-state index in [4.69, 9.17) is 22.1 Å². The van der Waals surface area contributed by atoms with Gasteiger partial charge in [-0.15, -0.1) is 11.3 Å². The van der Waals surface area contributed by atoms with Crippen LogP contribution in [0.15, 0.2) is 18.2 Å². The molecule has 0 radical (unpaired) electrons. The highest BCUT2D eigenvalue weighted by Gasteiger charge is 2.31. The van der Waals surface area contributed by atoms with Crippen molar-refractivity contribution in [3.05, 3.63) is 33.9 Å². The van der Waals surface area contributed by atoms with Crippen molar-refractivity contribution in [1.82, 2.24) is 4.90 Å². The lowest BCUT2D eigenvalue weighted by Gasteiger charge is -2.33. The van der Waals surface area contributed by atoms with E-state index in [2.05, 4.69) is 0 Å². The molecule has 1 aromatic carbocycles. The van der Waals surface area contributed by atoms with Crippen LogP contribution in [0.5, 0.6) is 0 Å². The maximum absolute atomic E-state index is 13.3. The molecule has 26 heavy (non-hydrogen) atoms. The number of amides is 2. The summed E-state index contributed by atoms with van der Waals surface area (Å²) in [6, 6.07) is 3.33. The summed E-state index contributed by atoms with van der Waals surface area (Å²) < 4.78 is 18.9. The highest BCUT2D eigenvalue weighted by atomic mass is 35.5. The molecule has 0 aliphatic carbocycles. The molecule has 2 N–H and O–H groups in total. The van der Waals surface area contributed by atoms with Crippen molar-refractivity contribution in [2.24, 2.45) is 5.73 Å². The molecule has 1 atom stereocenters. The van der Waals surface area contributed by atoms with Gasteiger partial charge in [-0.3, -0.25) is 9.59 Å². The van der Waals surface area contributed by atoms with Crippen LogP contribution >= 0.6 is 22.9 Å². The number of rotatable bonds is 4. The minimum atomic E-state index is -0.766. The molecule has 1 aliphatic rings. The third kappa shape index (κ3) is 3.66. The second-order valence-corrected chi connectivity index (χ2v) is 7.39. The summed E-state index contributed by atoms with van der Waals surface area (Å²) in [6.07, 6.45) is 2.07. The fourth-order valence-corrected chi connectivity index (χ4v) is 4.40. The normalized spacial score (nSPS) is 17.3. The van der Waals surface area contributed by atoms with Gasteiger partial charge in [0.1, 0.15) is 16.7 Å². The van der Waals surface area contributed by atoms with E-state index >= 15 is 0 Å². The Bertz CT molecular complexity index is 885. The van der Waals surface area contributed by atoms with Gasteiger partial charge in [0.15, 0.2) is 6.61 Å². The van der Waals surface area contributed by atoms with Crippen molar-refractivity contribution >= 4 is 50.8 Å². The summed E-state index contributed by atoms with van der Waals surface area (Å²) in [4.78, 5) is 37.5. The zero-order valence-corrected chi connectivity index (χ0v) is 15.2. The number of halogens is 2. The van der Waals surface area contributed by atoms with Crippen molar-refractivity contribution in [1.29, 1.82) is 0 Å². The lowest BCUT2D eigenvalue weighted by Crippen LogP contribution is -2.51. The molecule has 1 aliphatic heterocycles. The van der Waals surface area contributed by atoms with Crippen LogP contribution < -0.4 is 5.73 Å². The number of hydrogen-bond donors (Lipinski definition) is 1. The smallest absolute Gasteiger partial charge is 0.350 e. The highest BCUT2D eigenvalue weighted by Crippen LogP contribution is 2.36. The first-order valence-corrected chi connectivity index (χ1v) is 9.21. The molecular formula is C17H16ClFN2O4S. The van der Waals surface area contributed by atoms with Crippen molar-refractivity contribution in [3.8, 4) is 0 Å². The van der Waals surface area contributed by atoms with Crippen LogP contribution in [-0.2, 0) is 14.3 Å². The van der Waals surface area contributed by atoms with Crippen molar-refractivity contribution in [3.63, 3.8) is 0 Å². The Labute approximate surface area is 157 Å². The topological polar surface area (TPSA) is 89.7 Å². The van der Waals surface area contributed by atoms with E-state index in [0.29, 0.717) is 23.1 Å². The number of piperidine rings is 1. The average molecular weight is 399 g/mol. The molecule has 2 amide bonds. The molecule has 0 bridgehead atoms. The Morgan fingerprint density at radius 3 is 2.85 bits per heavy atom. The zero-order chi connectivity index (χ0) is 18.8. The van der Waals surface area contributed by atoms with Gasteiger partial charge in [-0.1, -0.05) is 11.6 Å². The number of likely N-dealkylation sites (tertiary alicyclic amines) is 1. The van der Waals surface area contributed by atoms with Gasteiger partial charge in [0.25, 0.3) is 5.91 Å². The molecule has 1 saturated heterocycles. The minimum absolute atomic E-state index is 0.102. The summed E-state index contributed by atoms with van der Waals surface area (Å²) in [5, 5.41) is 0.705. The van der Waals surface area contributed by atoms with Gasteiger partial charge in [0.05, 0.1) is 5.02 Å². The largest absolute Gasteiger partial charge is 0.451 e. The number of nitrogens with zero attached hydrogens (tertiary/aromatic N) is 1. The molecule has 138 valence electrons. The molecule has 0 spiro atoms. The molecule has 1 aromatic heterocycles. The van der Waals surface area contributed by atoms with E-state index in [1.54, 1.807) is 0 Å². The number of ether oxygens (including phenoxy) is 1. The van der Waals surface area contributed by atoms with E-state index in [0.717, 1.165) is 24.2 Å². The first-order valence-electron chi connectivity index (χ1n) is 8.02. The van der Waals surface area contributed by atoms with E-state index in [1.807, 2.05) is 0 Å². The predicted molar refractivity (Wildman–Crippen MR) is 95.6 cm³/mol. The summed E-state index contributed by atoms with van der Waals surface area (Å²) in [5.41, 5.74) is 5.33. The molecule has 3 rings (SSSR count). The first-order chi connectivity index (χ1) is 12.4. The number of primary amides is 1. The number of thiophene rings is 1. The van der Waals surface area contributed by atoms with Crippen LogP contribution in [0.3, 0.4) is 0 Å². The first kappa shape index (κ1) is 18.6. The van der Waals surface area contributed by atoms with E-state index in [-0.39, 0.29) is 9.90 Å². The van der Waals surface area contributed by atoms with Crippen LogP contribution in [0.1, 0.15) is 28.9 Å². The fourth-order valence-electron chi connectivity index (χ4n) is 2.97. The molecule has 1 fully saturated rings. The molecule has 6 nitrogen and oxygen atoms in total. The minimum Gasteiger partial charge on any atom is -0.451 e. The van der Waals surface area contributed by atoms with Gasteiger partial charge in [-0.2, -0.15) is 0 Å². The summed E-state index contributed by atoms with van der Waals surface area (Å²) in [5.74, 6) is -2.25. The van der Waals surface area contributed by atoms with Crippen LogP contribution in [-0.4, -0.2) is 41.9 Å². The van der Waals surface area contributed by atoms with Crippen LogP contribution in [0.25, 0.3) is 10.1 Å². The third-order valence-electron chi connectivity index (χ3n) is 4.26. The van der Waals surface area contributed by atoms with E-state index in [9.17, 15) is 18.8 Å². The van der Waals surface area contributed by atoms with Gasteiger partial charge in [-0.25, -0.2) is 9.18 Å². The number of hydrogen-bond acceptors (Lipinski definition) is 5. The predicted octanol–water partition coefficient (Wildman–Crippen LogP) is 2.72. The van der Waals surface area contributed by atoms with Gasteiger partial charge >= 0.3 is 5.97 Å². The molecule has 2 aromatic rings. The van der Waals surface area contributed by atoms with Crippen LogP contribution in [0.4, 0.5) is 4.39 Å². The average Bonchev–Trinajstić information content (AvgIpc) is 2.95. The number of esters is 1. The van der Waals surface area contributed by atoms with Gasteiger partial charge in [0, 0.05) is 16.6 Å². The molecule has 0 saturated carbocycles. The maximum Gasteiger partial charge on any atom is 0.350 e. The highest BCUT2D eigenvalue weighted by molar-refractivity contribution is 7.21. The number of fused-ring (bicyclic) bond motifs is 1. The molecule has 2 heterocycles. The Kier molecular flexibility index (Phi) is 5.43. The quantitative estimate of drug-likeness (QED) is 0.802. The number of nitrogens with two attached hydrogens (primary N) is 1.